The summed E-state index contributed by atoms with van der Waals surface area (Å²) < 4.78 is 0. The third kappa shape index (κ3) is 4.44. The average molecular weight is 212 g/mol. The molecule has 0 aliphatic rings. The number of rotatable bonds is 6. The molecule has 84 valence electrons. The average Bonchev–Trinajstić information content (AvgIpc) is 2.15. The summed E-state index contributed by atoms with van der Waals surface area (Å²) in [4.78, 5) is 21.3. The maximum atomic E-state index is 10.8. The van der Waals surface area contributed by atoms with E-state index in [0.29, 0.717) is 12.8 Å². The number of hydrogen-bond acceptors (Lipinski definition) is 2. The van der Waals surface area contributed by atoms with Crippen molar-refractivity contribution in [2.45, 2.75) is 26.7 Å². The Kier molecular flexibility index (Phi) is 5.37. The molecule has 15 heavy (non-hydrogen) atoms. The minimum absolute atomic E-state index is 0.00449. The van der Waals surface area contributed by atoms with Gasteiger partial charge in [-0.1, -0.05) is 32.9 Å². The number of allylic oxidation sites excluding steroid dienone is 1. The van der Waals surface area contributed by atoms with Crippen molar-refractivity contribution in [3.8, 4) is 0 Å². The molecule has 0 aliphatic carbocycles. The van der Waals surface area contributed by atoms with Gasteiger partial charge in [0.25, 0.3) is 0 Å². The molecule has 2 N–H and O–H groups in total. The highest BCUT2D eigenvalue weighted by molar-refractivity contribution is 5.89. The predicted octanol–water partition coefficient (Wildman–Crippen LogP) is 2.07. The molecular formula is C11H16O4. The highest BCUT2D eigenvalue weighted by Gasteiger charge is 2.14. The molecule has 0 aromatic rings. The van der Waals surface area contributed by atoms with E-state index >= 15 is 0 Å². The van der Waals surface area contributed by atoms with E-state index in [1.807, 2.05) is 6.92 Å². The van der Waals surface area contributed by atoms with Gasteiger partial charge < -0.3 is 10.2 Å². The fraction of sp³-hybridized carbons (Fsp3) is 0.455. The molecule has 0 fully saturated rings. The largest absolute Gasteiger partial charge is 0.478 e. The minimum Gasteiger partial charge on any atom is -0.478 e. The van der Waals surface area contributed by atoms with E-state index in [0.717, 1.165) is 0 Å². The third-order valence-corrected chi connectivity index (χ3v) is 2.07. The number of carbonyl (C=O) groups is 2. The third-order valence-electron chi connectivity index (χ3n) is 2.07. The van der Waals surface area contributed by atoms with Crippen molar-refractivity contribution in [2.75, 3.05) is 0 Å². The van der Waals surface area contributed by atoms with Crippen LogP contribution in [0.5, 0.6) is 0 Å². The molecule has 0 rings (SSSR count). The Morgan fingerprint density at radius 2 is 1.87 bits per heavy atom. The quantitative estimate of drug-likeness (QED) is 0.661. The molecule has 0 heterocycles. The van der Waals surface area contributed by atoms with Gasteiger partial charge >= 0.3 is 11.9 Å². The van der Waals surface area contributed by atoms with Crippen molar-refractivity contribution in [3.05, 3.63) is 23.8 Å². The number of hydrogen-bond donors (Lipinski definition) is 2. The molecule has 0 spiro atoms. The Labute approximate surface area is 88.9 Å². The normalized spacial score (nSPS) is 13.3. The van der Waals surface area contributed by atoms with Crippen LogP contribution in [0.1, 0.15) is 26.7 Å². The number of aliphatic carboxylic acids is 2. The fourth-order valence-electron chi connectivity index (χ4n) is 1.13. The SMILES string of the molecule is C=C(C(=O)O)C(C)C=C(CCC)C(=O)O. The molecule has 4 heteroatoms. The second kappa shape index (κ2) is 6.01. The van der Waals surface area contributed by atoms with E-state index in [1.54, 1.807) is 6.92 Å². The maximum absolute atomic E-state index is 10.8. The smallest absolute Gasteiger partial charge is 0.331 e. The number of carboxylic acids is 2. The van der Waals surface area contributed by atoms with E-state index in [1.165, 1.54) is 6.08 Å². The van der Waals surface area contributed by atoms with Crippen LogP contribution in [0, 0.1) is 5.92 Å². The van der Waals surface area contributed by atoms with Gasteiger partial charge in [-0.05, 0) is 6.42 Å². The molecule has 0 amide bonds. The summed E-state index contributed by atoms with van der Waals surface area (Å²) in [5, 5.41) is 17.5. The Morgan fingerprint density at radius 3 is 2.20 bits per heavy atom. The van der Waals surface area contributed by atoms with E-state index in [2.05, 4.69) is 6.58 Å². The Balaban J connectivity index is 4.74. The molecular weight excluding hydrogens is 196 g/mol. The van der Waals surface area contributed by atoms with Crippen LogP contribution in [0.15, 0.2) is 23.8 Å². The van der Waals surface area contributed by atoms with Gasteiger partial charge in [-0.2, -0.15) is 0 Å². The van der Waals surface area contributed by atoms with E-state index in [9.17, 15) is 9.59 Å². The van der Waals surface area contributed by atoms with Gasteiger partial charge in [-0.15, -0.1) is 0 Å². The predicted molar refractivity (Wildman–Crippen MR) is 56.6 cm³/mol. The van der Waals surface area contributed by atoms with Gasteiger partial charge in [0.2, 0.25) is 0 Å². The molecule has 1 atom stereocenters. The van der Waals surface area contributed by atoms with E-state index < -0.39 is 17.9 Å². The lowest BCUT2D eigenvalue weighted by Crippen LogP contribution is -2.09. The van der Waals surface area contributed by atoms with Crippen LogP contribution in [-0.4, -0.2) is 22.2 Å². The van der Waals surface area contributed by atoms with Crippen LogP contribution in [0.4, 0.5) is 0 Å². The summed E-state index contributed by atoms with van der Waals surface area (Å²) in [6, 6.07) is 0. The molecule has 0 aromatic carbocycles. The Bertz CT molecular complexity index is 302. The molecule has 0 saturated heterocycles. The van der Waals surface area contributed by atoms with E-state index in [-0.39, 0.29) is 11.1 Å². The molecule has 0 radical (unpaired) electrons. The standard InChI is InChI=1S/C11H16O4/c1-4-5-9(11(14)15)6-7(2)8(3)10(12)13/h6-7H,3-5H2,1-2H3,(H,12,13)(H,14,15). The lowest BCUT2D eigenvalue weighted by molar-refractivity contribution is -0.134. The summed E-state index contributed by atoms with van der Waals surface area (Å²) in [5.74, 6) is -2.55. The van der Waals surface area contributed by atoms with Crippen molar-refractivity contribution >= 4 is 11.9 Å². The molecule has 0 saturated carbocycles. The minimum atomic E-state index is -1.10. The van der Waals surface area contributed by atoms with E-state index in [4.69, 9.17) is 10.2 Å². The fourth-order valence-corrected chi connectivity index (χ4v) is 1.13. The lowest BCUT2D eigenvalue weighted by Gasteiger charge is -2.08. The molecule has 4 nitrogen and oxygen atoms in total. The zero-order valence-electron chi connectivity index (χ0n) is 8.99. The Morgan fingerprint density at radius 1 is 1.33 bits per heavy atom. The second-order valence-electron chi connectivity index (χ2n) is 3.37. The molecule has 0 aliphatic heterocycles. The zero-order chi connectivity index (χ0) is 12.0. The molecule has 0 bridgehead atoms. The van der Waals surface area contributed by atoms with Crippen molar-refractivity contribution in [1.29, 1.82) is 0 Å². The van der Waals surface area contributed by atoms with Crippen molar-refractivity contribution in [3.63, 3.8) is 0 Å². The first kappa shape index (κ1) is 13.4. The van der Waals surface area contributed by atoms with Gasteiger partial charge in [0.05, 0.1) is 0 Å². The summed E-state index contributed by atoms with van der Waals surface area (Å²) in [6.07, 6.45) is 2.60. The van der Waals surface area contributed by atoms with Crippen LogP contribution in [0.25, 0.3) is 0 Å². The van der Waals surface area contributed by atoms with Gasteiger partial charge in [-0.3, -0.25) is 0 Å². The molecule has 1 unspecified atom stereocenters. The zero-order valence-corrected chi connectivity index (χ0v) is 8.99. The van der Waals surface area contributed by atoms with Crippen LogP contribution in [-0.2, 0) is 9.59 Å². The summed E-state index contributed by atoms with van der Waals surface area (Å²) in [7, 11) is 0. The van der Waals surface area contributed by atoms with Crippen LogP contribution < -0.4 is 0 Å². The van der Waals surface area contributed by atoms with Crippen molar-refractivity contribution in [1.82, 2.24) is 0 Å². The lowest BCUT2D eigenvalue weighted by atomic mass is 9.98. The van der Waals surface area contributed by atoms with Gasteiger partial charge in [-0.25, -0.2) is 9.59 Å². The van der Waals surface area contributed by atoms with Crippen molar-refractivity contribution in [2.24, 2.45) is 5.92 Å². The first-order chi connectivity index (χ1) is 6.90. The van der Waals surface area contributed by atoms with Crippen LogP contribution in [0.3, 0.4) is 0 Å². The van der Waals surface area contributed by atoms with Gasteiger partial charge in [0.1, 0.15) is 0 Å². The van der Waals surface area contributed by atoms with Gasteiger partial charge in [0.15, 0.2) is 0 Å². The Hall–Kier alpha value is -1.58. The van der Waals surface area contributed by atoms with Crippen molar-refractivity contribution < 1.29 is 19.8 Å². The first-order valence-electron chi connectivity index (χ1n) is 4.76. The summed E-state index contributed by atoms with van der Waals surface area (Å²) in [6.45, 7) is 6.88. The first-order valence-corrected chi connectivity index (χ1v) is 4.76. The number of carboxylic acid groups (broad SMARTS) is 2. The second-order valence-corrected chi connectivity index (χ2v) is 3.37. The van der Waals surface area contributed by atoms with Crippen LogP contribution >= 0.6 is 0 Å². The summed E-state index contributed by atoms with van der Waals surface area (Å²) in [5.41, 5.74) is 0.247. The van der Waals surface area contributed by atoms with Gasteiger partial charge in [0, 0.05) is 17.1 Å². The highest BCUT2D eigenvalue weighted by atomic mass is 16.4. The highest BCUT2D eigenvalue weighted by Crippen LogP contribution is 2.15. The maximum Gasteiger partial charge on any atom is 0.331 e. The summed E-state index contributed by atoms with van der Waals surface area (Å²) >= 11 is 0. The monoisotopic (exact) mass is 212 g/mol. The topological polar surface area (TPSA) is 74.6 Å². The van der Waals surface area contributed by atoms with Crippen LogP contribution in [0.2, 0.25) is 0 Å². The molecule has 0 aromatic heterocycles.